The van der Waals surface area contributed by atoms with Crippen molar-refractivity contribution in [2.24, 2.45) is 5.92 Å². The first kappa shape index (κ1) is 11.6. The monoisotopic (exact) mass is 238 g/mol. The molecule has 6 heteroatoms. The Balaban J connectivity index is 2.07. The van der Waals surface area contributed by atoms with E-state index >= 15 is 0 Å². The number of hydrogen-bond donors (Lipinski definition) is 1. The molecule has 1 aromatic heterocycles. The van der Waals surface area contributed by atoms with Gasteiger partial charge in [-0.1, -0.05) is 0 Å². The zero-order chi connectivity index (χ0) is 12.4. The quantitative estimate of drug-likeness (QED) is 0.828. The Labute approximate surface area is 98.2 Å². The summed E-state index contributed by atoms with van der Waals surface area (Å²) < 4.78 is 5.14. The fourth-order valence-corrected chi connectivity index (χ4v) is 1.98. The smallest absolute Gasteiger partial charge is 0.308 e. The van der Waals surface area contributed by atoms with Gasteiger partial charge in [-0.25, -0.2) is 4.98 Å². The summed E-state index contributed by atoms with van der Waals surface area (Å²) in [6.45, 7) is 2.48. The standard InChI is InChI=1S/C11H14N2O4/c1-7-12-5-9(17-7)10(14)13-4-2-3-8(6-13)11(15)16/h5,8H,2-4,6H2,1H3,(H,15,16). The van der Waals surface area contributed by atoms with Crippen LogP contribution in [-0.4, -0.2) is 40.0 Å². The van der Waals surface area contributed by atoms with Gasteiger partial charge in [-0.2, -0.15) is 0 Å². The van der Waals surface area contributed by atoms with Crippen LogP contribution in [0.25, 0.3) is 0 Å². The Morgan fingerprint density at radius 1 is 1.59 bits per heavy atom. The van der Waals surface area contributed by atoms with Crippen LogP contribution in [0, 0.1) is 12.8 Å². The molecule has 1 saturated heterocycles. The van der Waals surface area contributed by atoms with E-state index in [2.05, 4.69) is 4.98 Å². The second-order valence-electron chi connectivity index (χ2n) is 4.17. The minimum absolute atomic E-state index is 0.175. The number of carboxylic acids is 1. The highest BCUT2D eigenvalue weighted by molar-refractivity contribution is 5.91. The van der Waals surface area contributed by atoms with E-state index in [1.165, 1.54) is 11.1 Å². The summed E-state index contributed by atoms with van der Waals surface area (Å²) in [4.78, 5) is 28.2. The number of carbonyl (C=O) groups excluding carboxylic acids is 1. The number of piperidine rings is 1. The largest absolute Gasteiger partial charge is 0.481 e. The maximum absolute atomic E-state index is 12.0. The lowest BCUT2D eigenvalue weighted by Gasteiger charge is -2.29. The summed E-state index contributed by atoms with van der Waals surface area (Å²) in [7, 11) is 0. The number of hydrogen-bond acceptors (Lipinski definition) is 4. The Bertz CT molecular complexity index is 440. The number of carbonyl (C=O) groups is 2. The first-order valence-corrected chi connectivity index (χ1v) is 5.52. The third-order valence-electron chi connectivity index (χ3n) is 2.89. The van der Waals surface area contributed by atoms with E-state index < -0.39 is 11.9 Å². The lowest BCUT2D eigenvalue weighted by atomic mass is 9.98. The topological polar surface area (TPSA) is 83.6 Å². The predicted molar refractivity (Wildman–Crippen MR) is 57.5 cm³/mol. The SMILES string of the molecule is Cc1ncc(C(=O)N2CCCC(C(=O)O)C2)o1. The van der Waals surface area contributed by atoms with Gasteiger partial charge in [-0.3, -0.25) is 9.59 Å². The molecule has 17 heavy (non-hydrogen) atoms. The van der Waals surface area contributed by atoms with Crippen molar-refractivity contribution in [1.29, 1.82) is 0 Å². The van der Waals surface area contributed by atoms with Gasteiger partial charge in [0.25, 0.3) is 5.91 Å². The van der Waals surface area contributed by atoms with Crippen molar-refractivity contribution in [1.82, 2.24) is 9.88 Å². The van der Waals surface area contributed by atoms with Crippen LogP contribution in [-0.2, 0) is 4.79 Å². The van der Waals surface area contributed by atoms with E-state index in [1.807, 2.05) is 0 Å². The van der Waals surface area contributed by atoms with E-state index in [0.29, 0.717) is 25.3 Å². The number of amides is 1. The van der Waals surface area contributed by atoms with E-state index in [0.717, 1.165) is 0 Å². The Hall–Kier alpha value is -1.85. The van der Waals surface area contributed by atoms with E-state index in [9.17, 15) is 9.59 Å². The molecule has 2 rings (SSSR count). The van der Waals surface area contributed by atoms with Crippen LogP contribution < -0.4 is 0 Å². The van der Waals surface area contributed by atoms with Crippen molar-refractivity contribution < 1.29 is 19.1 Å². The van der Waals surface area contributed by atoms with Crippen molar-refractivity contribution in [3.05, 3.63) is 17.8 Å². The van der Waals surface area contributed by atoms with Gasteiger partial charge in [0.15, 0.2) is 5.89 Å². The van der Waals surface area contributed by atoms with Gasteiger partial charge in [0.05, 0.1) is 12.1 Å². The lowest BCUT2D eigenvalue weighted by molar-refractivity contribution is -0.143. The van der Waals surface area contributed by atoms with Crippen molar-refractivity contribution in [3.63, 3.8) is 0 Å². The highest BCUT2D eigenvalue weighted by atomic mass is 16.4. The van der Waals surface area contributed by atoms with Crippen molar-refractivity contribution in [2.45, 2.75) is 19.8 Å². The van der Waals surface area contributed by atoms with E-state index in [-0.39, 0.29) is 18.2 Å². The molecule has 1 aliphatic heterocycles. The molecule has 92 valence electrons. The summed E-state index contributed by atoms with van der Waals surface area (Å²) in [6.07, 6.45) is 2.70. The van der Waals surface area contributed by atoms with Crippen LogP contribution in [0.4, 0.5) is 0 Å². The molecule has 0 aromatic carbocycles. The van der Waals surface area contributed by atoms with E-state index in [4.69, 9.17) is 9.52 Å². The number of aryl methyl sites for hydroxylation is 1. The number of aliphatic carboxylic acids is 1. The molecular weight excluding hydrogens is 224 g/mol. The maximum Gasteiger partial charge on any atom is 0.308 e. The average molecular weight is 238 g/mol. The van der Waals surface area contributed by atoms with E-state index in [1.54, 1.807) is 6.92 Å². The summed E-state index contributed by atoms with van der Waals surface area (Å²) in [5.74, 6) is -1.00. The summed E-state index contributed by atoms with van der Waals surface area (Å²) in [6, 6.07) is 0. The molecule has 1 unspecified atom stereocenters. The zero-order valence-electron chi connectivity index (χ0n) is 9.55. The fourth-order valence-electron chi connectivity index (χ4n) is 1.98. The van der Waals surface area contributed by atoms with Crippen molar-refractivity contribution >= 4 is 11.9 Å². The number of rotatable bonds is 2. The molecule has 0 aliphatic carbocycles. The molecule has 0 spiro atoms. The second kappa shape index (κ2) is 4.57. The van der Waals surface area contributed by atoms with Gasteiger partial charge >= 0.3 is 5.97 Å². The second-order valence-corrected chi connectivity index (χ2v) is 4.17. The minimum atomic E-state index is -0.851. The van der Waals surface area contributed by atoms with Gasteiger partial charge in [0.1, 0.15) is 0 Å². The van der Waals surface area contributed by atoms with Crippen LogP contribution >= 0.6 is 0 Å². The lowest BCUT2D eigenvalue weighted by Crippen LogP contribution is -2.42. The number of likely N-dealkylation sites (tertiary alicyclic amines) is 1. The summed E-state index contributed by atoms with van der Waals surface area (Å²) >= 11 is 0. The number of aromatic nitrogens is 1. The van der Waals surface area contributed by atoms with Gasteiger partial charge in [-0.05, 0) is 12.8 Å². The van der Waals surface area contributed by atoms with Crippen LogP contribution in [0.5, 0.6) is 0 Å². The Morgan fingerprint density at radius 2 is 2.35 bits per heavy atom. The maximum atomic E-state index is 12.0. The zero-order valence-corrected chi connectivity index (χ0v) is 9.55. The van der Waals surface area contributed by atoms with Gasteiger partial charge in [0, 0.05) is 20.0 Å². The van der Waals surface area contributed by atoms with Gasteiger partial charge < -0.3 is 14.4 Å². The minimum Gasteiger partial charge on any atom is -0.481 e. The third kappa shape index (κ3) is 2.46. The molecule has 1 atom stereocenters. The molecule has 1 aliphatic rings. The predicted octanol–water partition coefficient (Wildman–Crippen LogP) is 0.920. The molecule has 1 aromatic rings. The third-order valence-corrected chi connectivity index (χ3v) is 2.89. The average Bonchev–Trinajstić information content (AvgIpc) is 2.75. The van der Waals surface area contributed by atoms with Gasteiger partial charge in [-0.15, -0.1) is 0 Å². The molecule has 1 N–H and O–H groups in total. The first-order chi connectivity index (χ1) is 8.08. The Morgan fingerprint density at radius 3 is 2.94 bits per heavy atom. The molecule has 2 heterocycles. The van der Waals surface area contributed by atoms with Crippen LogP contribution in [0.1, 0.15) is 29.3 Å². The molecule has 6 nitrogen and oxygen atoms in total. The van der Waals surface area contributed by atoms with Crippen LogP contribution in [0.3, 0.4) is 0 Å². The molecule has 1 fully saturated rings. The van der Waals surface area contributed by atoms with Crippen molar-refractivity contribution in [2.75, 3.05) is 13.1 Å². The summed E-state index contributed by atoms with van der Waals surface area (Å²) in [5, 5.41) is 8.94. The highest BCUT2D eigenvalue weighted by Crippen LogP contribution is 2.19. The Kier molecular flexibility index (Phi) is 3.12. The first-order valence-electron chi connectivity index (χ1n) is 5.52. The molecular formula is C11H14N2O4. The molecule has 0 radical (unpaired) electrons. The molecule has 0 saturated carbocycles. The molecule has 1 amide bonds. The van der Waals surface area contributed by atoms with Crippen molar-refractivity contribution in [3.8, 4) is 0 Å². The molecule has 0 bridgehead atoms. The number of carboxylic acid groups (broad SMARTS) is 1. The summed E-state index contributed by atoms with van der Waals surface area (Å²) in [5.41, 5.74) is 0. The fraction of sp³-hybridized carbons (Fsp3) is 0.545. The number of nitrogens with zero attached hydrogens (tertiary/aromatic N) is 2. The normalized spacial score (nSPS) is 20.3. The van der Waals surface area contributed by atoms with Crippen LogP contribution in [0.2, 0.25) is 0 Å². The number of oxazole rings is 1. The van der Waals surface area contributed by atoms with Crippen LogP contribution in [0.15, 0.2) is 10.6 Å². The van der Waals surface area contributed by atoms with Gasteiger partial charge in [0.2, 0.25) is 5.76 Å². The highest BCUT2D eigenvalue weighted by Gasteiger charge is 2.29.